The largest absolute Gasteiger partial charge is 0.444 e. The number of hydrogen-bond acceptors (Lipinski definition) is 4. The first-order chi connectivity index (χ1) is 12.8. The summed E-state index contributed by atoms with van der Waals surface area (Å²) in [6.45, 7) is 0.215. The first kappa shape index (κ1) is 16.2. The molecule has 4 aromatic rings. The quantitative estimate of drug-likeness (QED) is 0.562. The summed E-state index contributed by atoms with van der Waals surface area (Å²) in [4.78, 5) is 13.5. The summed E-state index contributed by atoms with van der Waals surface area (Å²) in [5.74, 6) is 1.38. The molecule has 0 spiro atoms. The molecule has 128 valence electrons. The standard InChI is InChI=1S/C21H18N4O/c26-14-19(15-6-2-1-3-7-15)24-21-17-8-4-5-9-18(17)23-20(25-21)16-10-12-22-13-11-16/h1-13,19,26H,14H2,(H,23,24,25)/p+1/t19-/m0/s1. The lowest BCUT2D eigenvalue weighted by Gasteiger charge is -2.17. The van der Waals surface area contributed by atoms with Crippen molar-refractivity contribution in [2.24, 2.45) is 0 Å². The van der Waals surface area contributed by atoms with Crippen LogP contribution >= 0.6 is 0 Å². The molecule has 0 fully saturated rings. The zero-order valence-electron chi connectivity index (χ0n) is 14.1. The number of anilines is 1. The van der Waals surface area contributed by atoms with Crippen LogP contribution in [0.3, 0.4) is 0 Å². The van der Waals surface area contributed by atoms with Crippen molar-refractivity contribution >= 4 is 16.7 Å². The van der Waals surface area contributed by atoms with Crippen molar-refractivity contribution in [1.29, 1.82) is 0 Å². The van der Waals surface area contributed by atoms with Crippen LogP contribution in [0.15, 0.2) is 79.1 Å². The molecule has 5 heteroatoms. The van der Waals surface area contributed by atoms with Crippen molar-refractivity contribution in [3.05, 3.63) is 84.7 Å². The third-order valence-corrected chi connectivity index (χ3v) is 4.26. The lowest BCUT2D eigenvalue weighted by atomic mass is 10.1. The molecule has 0 bridgehead atoms. The van der Waals surface area contributed by atoms with Crippen LogP contribution in [0, 0.1) is 0 Å². The molecule has 0 aliphatic rings. The lowest BCUT2D eigenvalue weighted by molar-refractivity contribution is 0.276. The van der Waals surface area contributed by atoms with Gasteiger partial charge in [-0.2, -0.15) is 0 Å². The molecule has 2 aromatic heterocycles. The van der Waals surface area contributed by atoms with E-state index in [1.165, 1.54) is 0 Å². The van der Waals surface area contributed by atoms with E-state index in [1.54, 1.807) is 12.4 Å². The average Bonchev–Trinajstić information content (AvgIpc) is 2.73. The van der Waals surface area contributed by atoms with Crippen LogP contribution in [0.2, 0.25) is 0 Å². The minimum Gasteiger partial charge on any atom is -0.444 e. The molecule has 0 radical (unpaired) electrons. The van der Waals surface area contributed by atoms with Crippen molar-refractivity contribution in [3.8, 4) is 11.4 Å². The number of nitrogens with one attached hydrogen (secondary N) is 1. The highest BCUT2D eigenvalue weighted by Gasteiger charge is 2.16. The van der Waals surface area contributed by atoms with Gasteiger partial charge in [0, 0.05) is 23.3 Å². The van der Waals surface area contributed by atoms with Gasteiger partial charge in [0.1, 0.15) is 11.9 Å². The van der Waals surface area contributed by atoms with Crippen LogP contribution in [0.25, 0.3) is 22.3 Å². The van der Waals surface area contributed by atoms with E-state index in [0.29, 0.717) is 5.82 Å². The highest BCUT2D eigenvalue weighted by atomic mass is 16.3. The van der Waals surface area contributed by atoms with E-state index in [2.05, 4.69) is 15.3 Å². The summed E-state index contributed by atoms with van der Waals surface area (Å²) in [7, 11) is 0. The maximum atomic E-state index is 7.96. The van der Waals surface area contributed by atoms with Crippen LogP contribution in [0.4, 0.5) is 5.82 Å². The van der Waals surface area contributed by atoms with Gasteiger partial charge in [0.05, 0.1) is 5.52 Å². The van der Waals surface area contributed by atoms with Crippen molar-refractivity contribution in [3.63, 3.8) is 0 Å². The molecular formula is C21H19N4O+. The van der Waals surface area contributed by atoms with Gasteiger partial charge in [0.25, 0.3) is 0 Å². The topological polar surface area (TPSA) is 73.6 Å². The SMILES string of the molecule is [OH2+]C[C@H](Nc1nc(-c2ccncc2)nc2ccccc12)c1ccccc1. The van der Waals surface area contributed by atoms with Gasteiger partial charge in [-0.15, -0.1) is 0 Å². The van der Waals surface area contributed by atoms with Crippen LogP contribution < -0.4 is 5.32 Å². The number of hydrogen-bond donors (Lipinski definition) is 1. The van der Waals surface area contributed by atoms with Gasteiger partial charge < -0.3 is 10.4 Å². The van der Waals surface area contributed by atoms with E-state index in [9.17, 15) is 0 Å². The maximum absolute atomic E-state index is 7.96. The first-order valence-corrected chi connectivity index (χ1v) is 8.48. The Labute approximate surface area is 151 Å². The number of para-hydroxylation sites is 1. The molecule has 0 saturated heterocycles. The highest BCUT2D eigenvalue weighted by Crippen LogP contribution is 2.27. The van der Waals surface area contributed by atoms with Gasteiger partial charge in [0.15, 0.2) is 12.4 Å². The monoisotopic (exact) mass is 343 g/mol. The van der Waals surface area contributed by atoms with Gasteiger partial charge >= 0.3 is 0 Å². The summed E-state index contributed by atoms with van der Waals surface area (Å²) in [6, 6.07) is 21.6. The van der Waals surface area contributed by atoms with Crippen molar-refractivity contribution in [2.45, 2.75) is 6.04 Å². The summed E-state index contributed by atoms with van der Waals surface area (Å²) >= 11 is 0. The van der Waals surface area contributed by atoms with E-state index in [0.717, 1.165) is 27.8 Å². The minimum atomic E-state index is -0.139. The van der Waals surface area contributed by atoms with Crippen LogP contribution in [0.5, 0.6) is 0 Å². The average molecular weight is 343 g/mol. The Morgan fingerprint density at radius 1 is 0.846 bits per heavy atom. The molecule has 1 atom stereocenters. The van der Waals surface area contributed by atoms with Gasteiger partial charge in [-0.05, 0) is 29.8 Å². The lowest BCUT2D eigenvalue weighted by Crippen LogP contribution is -2.16. The van der Waals surface area contributed by atoms with E-state index in [4.69, 9.17) is 10.1 Å². The second-order valence-electron chi connectivity index (χ2n) is 5.96. The molecule has 0 saturated carbocycles. The number of nitrogens with zero attached hydrogens (tertiary/aromatic N) is 3. The fraction of sp³-hybridized carbons (Fsp3) is 0.0952. The molecule has 4 rings (SSSR count). The Morgan fingerprint density at radius 2 is 1.58 bits per heavy atom. The molecule has 2 heterocycles. The van der Waals surface area contributed by atoms with Crippen molar-refractivity contribution < 1.29 is 5.11 Å². The Morgan fingerprint density at radius 3 is 2.35 bits per heavy atom. The minimum absolute atomic E-state index is 0.139. The molecule has 3 N–H and O–H groups in total. The number of aromatic nitrogens is 3. The summed E-state index contributed by atoms with van der Waals surface area (Å²) < 4.78 is 0. The number of benzene rings is 2. The predicted molar refractivity (Wildman–Crippen MR) is 104 cm³/mol. The number of pyridine rings is 1. The maximum Gasteiger partial charge on any atom is 0.168 e. The first-order valence-electron chi connectivity index (χ1n) is 8.48. The molecular weight excluding hydrogens is 324 g/mol. The van der Waals surface area contributed by atoms with Gasteiger partial charge in [0.2, 0.25) is 0 Å². The highest BCUT2D eigenvalue weighted by molar-refractivity contribution is 5.90. The molecule has 26 heavy (non-hydrogen) atoms. The van der Waals surface area contributed by atoms with E-state index >= 15 is 0 Å². The molecule has 5 nitrogen and oxygen atoms in total. The number of fused-ring (bicyclic) bond motifs is 1. The Balaban J connectivity index is 1.80. The summed E-state index contributed by atoms with van der Waals surface area (Å²) in [6.07, 6.45) is 3.47. The third kappa shape index (κ3) is 3.25. The zero-order valence-corrected chi connectivity index (χ0v) is 14.1. The molecule has 0 aliphatic carbocycles. The molecule has 2 aromatic carbocycles. The second-order valence-corrected chi connectivity index (χ2v) is 5.96. The van der Waals surface area contributed by atoms with Gasteiger partial charge in [-0.1, -0.05) is 42.5 Å². The third-order valence-electron chi connectivity index (χ3n) is 4.26. The van der Waals surface area contributed by atoms with E-state index < -0.39 is 0 Å². The number of rotatable bonds is 5. The van der Waals surface area contributed by atoms with Crippen LogP contribution in [-0.4, -0.2) is 26.7 Å². The molecule has 0 unspecified atom stereocenters. The zero-order chi connectivity index (χ0) is 17.8. The van der Waals surface area contributed by atoms with Crippen LogP contribution in [0.1, 0.15) is 11.6 Å². The fourth-order valence-electron chi connectivity index (χ4n) is 2.92. The Kier molecular flexibility index (Phi) is 4.53. The Bertz CT molecular complexity index is 1010. The van der Waals surface area contributed by atoms with Crippen molar-refractivity contribution in [1.82, 2.24) is 15.0 Å². The van der Waals surface area contributed by atoms with Gasteiger partial charge in [-0.3, -0.25) is 4.98 Å². The van der Waals surface area contributed by atoms with E-state index in [1.807, 2.05) is 66.7 Å². The summed E-state index contributed by atoms with van der Waals surface area (Å²) in [5, 5.41) is 12.3. The molecule has 0 amide bonds. The van der Waals surface area contributed by atoms with Crippen LogP contribution in [-0.2, 0) is 0 Å². The van der Waals surface area contributed by atoms with Gasteiger partial charge in [-0.25, -0.2) is 9.97 Å². The van der Waals surface area contributed by atoms with E-state index in [-0.39, 0.29) is 12.6 Å². The predicted octanol–water partition coefficient (Wildman–Crippen LogP) is 3.57. The fourth-order valence-corrected chi connectivity index (χ4v) is 2.92. The van der Waals surface area contributed by atoms with Crippen molar-refractivity contribution in [2.75, 3.05) is 11.9 Å². The Hall–Kier alpha value is -3.31. The molecule has 0 aliphatic heterocycles. The second kappa shape index (κ2) is 7.29. The summed E-state index contributed by atoms with van der Waals surface area (Å²) in [5.41, 5.74) is 2.85. The smallest absolute Gasteiger partial charge is 0.168 e. The normalized spacial score (nSPS) is 12.0.